The van der Waals surface area contributed by atoms with Crippen LogP contribution in [0.5, 0.6) is 0 Å². The van der Waals surface area contributed by atoms with E-state index in [0.29, 0.717) is 0 Å². The lowest BCUT2D eigenvalue weighted by atomic mass is 10.1. The molecule has 0 saturated carbocycles. The van der Waals surface area contributed by atoms with E-state index >= 15 is 0 Å². The number of rotatable bonds is 4. The monoisotopic (exact) mass is 372 g/mol. The molecule has 1 aromatic carbocycles. The van der Waals surface area contributed by atoms with Crippen molar-refractivity contribution < 1.29 is 13.2 Å². The van der Waals surface area contributed by atoms with Crippen LogP contribution in [0.15, 0.2) is 48.0 Å². The van der Waals surface area contributed by atoms with Gasteiger partial charge >= 0.3 is 0 Å². The van der Waals surface area contributed by atoms with Gasteiger partial charge in [-0.2, -0.15) is 0 Å². The molecule has 7 nitrogen and oxygen atoms in total. The lowest BCUT2D eigenvalue weighted by Gasteiger charge is -2.38. The summed E-state index contributed by atoms with van der Waals surface area (Å²) in [5.41, 5.74) is 2.04. The number of hydrogen-bond acceptors (Lipinski definition) is 4. The molecule has 0 radical (unpaired) electrons. The average Bonchev–Trinajstić information content (AvgIpc) is 3.11. The molecule has 0 atom stereocenters. The Kier molecular flexibility index (Phi) is 3.87. The van der Waals surface area contributed by atoms with Crippen LogP contribution in [0.3, 0.4) is 0 Å². The lowest BCUT2D eigenvalue weighted by Crippen LogP contribution is -2.57. The molecule has 1 aliphatic rings. The van der Waals surface area contributed by atoms with Gasteiger partial charge in [0.2, 0.25) is 20.9 Å². The second-order valence-electron chi connectivity index (χ2n) is 6.75. The fourth-order valence-electron chi connectivity index (χ4n) is 3.45. The first-order valence-corrected chi connectivity index (χ1v) is 9.94. The molecule has 3 heterocycles. The summed E-state index contributed by atoms with van der Waals surface area (Å²) in [5, 5.41) is 0.532. The van der Waals surface area contributed by atoms with Crippen LogP contribution in [0.4, 0.5) is 0 Å². The third kappa shape index (κ3) is 2.61. The van der Waals surface area contributed by atoms with E-state index in [4.69, 9.17) is 0 Å². The largest absolute Gasteiger partial charge is 0.350 e. The molecule has 1 saturated heterocycles. The van der Waals surface area contributed by atoms with Crippen LogP contribution in [0, 0.1) is 0 Å². The van der Waals surface area contributed by atoms with Gasteiger partial charge in [-0.3, -0.25) is 4.79 Å². The summed E-state index contributed by atoms with van der Waals surface area (Å²) in [6, 6.07) is 7.94. The molecule has 1 aliphatic heterocycles. The van der Waals surface area contributed by atoms with Gasteiger partial charge in [0.25, 0.3) is 0 Å². The maximum absolute atomic E-state index is 12.6. The molecule has 0 unspecified atom stereocenters. The van der Waals surface area contributed by atoms with Gasteiger partial charge in [0.15, 0.2) is 0 Å². The number of amides is 1. The molecule has 3 aromatic rings. The average molecular weight is 372 g/mol. The maximum atomic E-state index is 12.6. The highest BCUT2D eigenvalue weighted by molar-refractivity contribution is 7.92. The molecule has 4 rings (SSSR count). The minimum Gasteiger partial charge on any atom is -0.350 e. The molecule has 0 N–H and O–H groups in total. The van der Waals surface area contributed by atoms with E-state index in [1.807, 2.05) is 42.1 Å². The van der Waals surface area contributed by atoms with Crippen molar-refractivity contribution in [2.45, 2.75) is 16.8 Å². The molecule has 1 fully saturated rings. The van der Waals surface area contributed by atoms with Gasteiger partial charge in [-0.1, -0.05) is 18.2 Å². The molecule has 0 aliphatic carbocycles. The van der Waals surface area contributed by atoms with Gasteiger partial charge in [-0.05, 0) is 11.6 Å². The van der Waals surface area contributed by atoms with E-state index in [9.17, 15) is 13.2 Å². The van der Waals surface area contributed by atoms with Crippen LogP contribution in [-0.4, -0.2) is 51.7 Å². The van der Waals surface area contributed by atoms with Crippen LogP contribution in [0.25, 0.3) is 10.9 Å². The SMILES string of the molecule is Cn1ccnc1S(=O)(=O)C1CN(C(=O)Cc2cn(C)c3ccccc23)C1. The number of fused-ring (bicyclic) bond motifs is 1. The van der Waals surface area contributed by atoms with Gasteiger partial charge in [-0.15, -0.1) is 0 Å². The zero-order valence-electron chi connectivity index (χ0n) is 14.7. The van der Waals surface area contributed by atoms with E-state index in [1.54, 1.807) is 18.1 Å². The number of benzene rings is 1. The normalized spacial score (nSPS) is 15.4. The molecule has 26 heavy (non-hydrogen) atoms. The number of hydrogen-bond donors (Lipinski definition) is 0. The van der Waals surface area contributed by atoms with Crippen molar-refractivity contribution in [3.8, 4) is 0 Å². The first-order chi connectivity index (χ1) is 12.4. The predicted octanol–water partition coefficient (Wildman–Crippen LogP) is 1.14. The molecule has 2 aromatic heterocycles. The minimum absolute atomic E-state index is 0.0485. The first kappa shape index (κ1) is 16.8. The Balaban J connectivity index is 1.46. The van der Waals surface area contributed by atoms with Gasteiger partial charge in [0, 0.05) is 56.7 Å². The third-order valence-corrected chi connectivity index (χ3v) is 7.07. The highest BCUT2D eigenvalue weighted by atomic mass is 32.2. The van der Waals surface area contributed by atoms with Gasteiger partial charge < -0.3 is 14.0 Å². The highest BCUT2D eigenvalue weighted by Gasteiger charge is 2.42. The number of aromatic nitrogens is 3. The molecule has 0 bridgehead atoms. The minimum atomic E-state index is -3.51. The van der Waals surface area contributed by atoms with Crippen molar-refractivity contribution in [2.24, 2.45) is 14.1 Å². The number of likely N-dealkylation sites (tertiary alicyclic amines) is 1. The Hall–Kier alpha value is -2.61. The van der Waals surface area contributed by atoms with Crippen LogP contribution in [0.2, 0.25) is 0 Å². The quantitative estimate of drug-likeness (QED) is 0.688. The van der Waals surface area contributed by atoms with Crippen LogP contribution >= 0.6 is 0 Å². The molecule has 8 heteroatoms. The predicted molar refractivity (Wildman–Crippen MR) is 97.4 cm³/mol. The third-order valence-electron chi connectivity index (χ3n) is 4.99. The summed E-state index contributed by atoms with van der Waals surface area (Å²) >= 11 is 0. The zero-order chi connectivity index (χ0) is 18.5. The maximum Gasteiger partial charge on any atom is 0.227 e. The van der Waals surface area contributed by atoms with E-state index in [2.05, 4.69) is 4.98 Å². The van der Waals surface area contributed by atoms with E-state index < -0.39 is 15.1 Å². The molecular weight excluding hydrogens is 352 g/mol. The van der Waals surface area contributed by atoms with Crippen LogP contribution < -0.4 is 0 Å². The van der Waals surface area contributed by atoms with Crippen molar-refractivity contribution in [2.75, 3.05) is 13.1 Å². The Morgan fingerprint density at radius 1 is 1.19 bits per heavy atom. The Morgan fingerprint density at radius 3 is 2.62 bits per heavy atom. The number of carbonyl (C=O) groups excluding carboxylic acids is 1. The number of aryl methyl sites for hydroxylation is 2. The Labute approximate surface area is 151 Å². The van der Waals surface area contributed by atoms with E-state index in [-0.39, 0.29) is 30.6 Å². The van der Waals surface area contributed by atoms with Crippen molar-refractivity contribution in [3.63, 3.8) is 0 Å². The zero-order valence-corrected chi connectivity index (χ0v) is 15.5. The fourth-order valence-corrected chi connectivity index (χ4v) is 5.17. The standard InChI is InChI=1S/C18H20N4O3S/c1-20-8-7-19-18(20)26(24,25)14-11-22(12-14)17(23)9-13-10-21(2)16-6-4-3-5-15(13)16/h3-8,10,14H,9,11-12H2,1-2H3. The van der Waals surface area contributed by atoms with Crippen molar-refractivity contribution in [1.29, 1.82) is 0 Å². The number of para-hydroxylation sites is 1. The summed E-state index contributed by atoms with van der Waals surface area (Å²) < 4.78 is 28.7. The summed E-state index contributed by atoms with van der Waals surface area (Å²) in [7, 11) is 0.103. The lowest BCUT2D eigenvalue weighted by molar-refractivity contribution is -0.133. The number of imidazole rings is 1. The highest BCUT2D eigenvalue weighted by Crippen LogP contribution is 2.25. The first-order valence-electron chi connectivity index (χ1n) is 8.40. The van der Waals surface area contributed by atoms with Crippen molar-refractivity contribution in [3.05, 3.63) is 48.4 Å². The molecule has 1 amide bonds. The molecule has 0 spiro atoms. The second-order valence-corrected chi connectivity index (χ2v) is 8.87. The van der Waals surface area contributed by atoms with Gasteiger partial charge in [0.05, 0.1) is 6.42 Å². The van der Waals surface area contributed by atoms with E-state index in [0.717, 1.165) is 16.5 Å². The van der Waals surface area contributed by atoms with Gasteiger partial charge in [-0.25, -0.2) is 13.4 Å². The fraction of sp³-hybridized carbons (Fsp3) is 0.333. The number of carbonyl (C=O) groups is 1. The number of nitrogens with zero attached hydrogens (tertiary/aromatic N) is 4. The van der Waals surface area contributed by atoms with Gasteiger partial charge in [0.1, 0.15) is 5.25 Å². The number of sulfone groups is 1. The smallest absolute Gasteiger partial charge is 0.227 e. The summed E-state index contributed by atoms with van der Waals surface area (Å²) in [6.45, 7) is 0.442. The van der Waals surface area contributed by atoms with E-state index in [1.165, 1.54) is 10.8 Å². The Morgan fingerprint density at radius 2 is 1.92 bits per heavy atom. The Bertz CT molecular complexity index is 1090. The molecular formula is C18H20N4O3S. The van der Waals surface area contributed by atoms with Crippen molar-refractivity contribution in [1.82, 2.24) is 19.0 Å². The second kappa shape index (κ2) is 5.98. The summed E-state index contributed by atoms with van der Waals surface area (Å²) in [5.74, 6) is -0.0485. The van der Waals surface area contributed by atoms with Crippen LogP contribution in [0.1, 0.15) is 5.56 Å². The van der Waals surface area contributed by atoms with Crippen LogP contribution in [-0.2, 0) is 35.1 Å². The topological polar surface area (TPSA) is 77.2 Å². The molecule has 136 valence electrons. The summed E-state index contributed by atoms with van der Waals surface area (Å²) in [6.07, 6.45) is 5.31. The van der Waals surface area contributed by atoms with Crippen molar-refractivity contribution >= 4 is 26.6 Å². The summed E-state index contributed by atoms with van der Waals surface area (Å²) in [4.78, 5) is 18.1.